The average molecular weight is 425 g/mol. The summed E-state index contributed by atoms with van der Waals surface area (Å²) in [6.07, 6.45) is -2.04. The summed E-state index contributed by atoms with van der Waals surface area (Å²) in [7, 11) is 0. The average Bonchev–Trinajstić information content (AvgIpc) is 3.24. The van der Waals surface area contributed by atoms with Crippen molar-refractivity contribution in [2.75, 3.05) is 6.61 Å². The molecule has 2 saturated heterocycles. The smallest absolute Gasteiger partial charge is 0.190 e. The SMILES string of the molecule is CC1(C)O[C@H]2O[C@H]([C@H](COCc3ccccc3)N=[N+]=[N-])[C@H](OCc3ccccc3)[C@H]2O1. The van der Waals surface area contributed by atoms with Crippen LogP contribution in [-0.4, -0.2) is 43.0 Å². The molecule has 0 aromatic heterocycles. The van der Waals surface area contributed by atoms with E-state index in [4.69, 9.17) is 29.2 Å². The third kappa shape index (κ3) is 5.43. The Hall–Kier alpha value is -2.45. The molecular formula is C23H27N3O5. The molecule has 2 aliphatic rings. The van der Waals surface area contributed by atoms with Gasteiger partial charge in [0.2, 0.25) is 0 Å². The quantitative estimate of drug-likeness (QED) is 0.338. The van der Waals surface area contributed by atoms with Crippen LogP contribution in [0.4, 0.5) is 0 Å². The first-order chi connectivity index (χ1) is 15.1. The number of rotatable bonds is 9. The van der Waals surface area contributed by atoms with Gasteiger partial charge in [-0.15, -0.1) is 0 Å². The lowest BCUT2D eigenvalue weighted by atomic mass is 10.0. The highest BCUT2D eigenvalue weighted by molar-refractivity contribution is 5.14. The van der Waals surface area contributed by atoms with Crippen molar-refractivity contribution in [3.8, 4) is 0 Å². The molecule has 0 N–H and O–H groups in total. The molecule has 8 nitrogen and oxygen atoms in total. The molecule has 2 fully saturated rings. The Morgan fingerprint density at radius 3 is 2.29 bits per heavy atom. The predicted molar refractivity (Wildman–Crippen MR) is 113 cm³/mol. The highest BCUT2D eigenvalue weighted by atomic mass is 16.8. The van der Waals surface area contributed by atoms with Gasteiger partial charge in [0.15, 0.2) is 12.1 Å². The minimum absolute atomic E-state index is 0.192. The molecule has 5 atom stereocenters. The van der Waals surface area contributed by atoms with E-state index in [1.807, 2.05) is 74.5 Å². The Morgan fingerprint density at radius 1 is 1.00 bits per heavy atom. The highest BCUT2D eigenvalue weighted by Crippen LogP contribution is 2.40. The van der Waals surface area contributed by atoms with Crippen molar-refractivity contribution in [1.82, 2.24) is 0 Å². The van der Waals surface area contributed by atoms with Gasteiger partial charge < -0.3 is 23.7 Å². The number of azide groups is 1. The molecule has 4 rings (SSSR count). The maximum absolute atomic E-state index is 9.14. The standard InChI is InChI=1S/C23H27N3O5/c1-23(2)30-21-20(28-14-17-11-7-4-8-12-17)19(29-22(21)31-23)18(25-26-24)15-27-13-16-9-5-3-6-10-16/h3-12,18-22H,13-15H2,1-2H3/t18-,19+,20-,21+,22+/m0/s1. The summed E-state index contributed by atoms with van der Waals surface area (Å²) in [4.78, 5) is 3.01. The summed E-state index contributed by atoms with van der Waals surface area (Å²) in [5.74, 6) is -0.771. The maximum Gasteiger partial charge on any atom is 0.190 e. The first-order valence-electron chi connectivity index (χ1n) is 10.4. The van der Waals surface area contributed by atoms with Crippen LogP contribution in [-0.2, 0) is 36.9 Å². The van der Waals surface area contributed by atoms with Gasteiger partial charge in [0, 0.05) is 4.91 Å². The fraction of sp³-hybridized carbons (Fsp3) is 0.478. The molecule has 0 saturated carbocycles. The molecule has 0 radical (unpaired) electrons. The number of ether oxygens (including phenoxy) is 5. The number of hydrogen-bond acceptors (Lipinski definition) is 6. The molecule has 0 amide bonds. The molecule has 2 aliphatic heterocycles. The molecule has 0 unspecified atom stereocenters. The van der Waals surface area contributed by atoms with E-state index in [-0.39, 0.29) is 6.61 Å². The molecule has 31 heavy (non-hydrogen) atoms. The summed E-state index contributed by atoms with van der Waals surface area (Å²) in [6.45, 7) is 4.66. The van der Waals surface area contributed by atoms with Crippen LogP contribution in [0.25, 0.3) is 10.4 Å². The zero-order valence-electron chi connectivity index (χ0n) is 17.7. The Balaban J connectivity index is 1.46. The van der Waals surface area contributed by atoms with Gasteiger partial charge in [-0.3, -0.25) is 0 Å². The zero-order valence-corrected chi connectivity index (χ0v) is 17.7. The van der Waals surface area contributed by atoms with Crippen molar-refractivity contribution in [3.05, 3.63) is 82.2 Å². The van der Waals surface area contributed by atoms with Crippen molar-refractivity contribution < 1.29 is 23.7 Å². The van der Waals surface area contributed by atoms with E-state index in [0.29, 0.717) is 13.2 Å². The van der Waals surface area contributed by atoms with Crippen molar-refractivity contribution >= 4 is 0 Å². The van der Waals surface area contributed by atoms with Gasteiger partial charge in [0.1, 0.15) is 18.3 Å². The summed E-state index contributed by atoms with van der Waals surface area (Å²) < 4.78 is 30.1. The van der Waals surface area contributed by atoms with Crippen LogP contribution in [0.3, 0.4) is 0 Å². The largest absolute Gasteiger partial charge is 0.376 e. The van der Waals surface area contributed by atoms with E-state index in [1.54, 1.807) is 0 Å². The number of benzene rings is 2. The van der Waals surface area contributed by atoms with Gasteiger partial charge in [0.25, 0.3) is 0 Å². The molecule has 0 aliphatic carbocycles. The van der Waals surface area contributed by atoms with E-state index in [2.05, 4.69) is 10.0 Å². The Kier molecular flexibility index (Phi) is 6.87. The Morgan fingerprint density at radius 2 is 1.65 bits per heavy atom. The van der Waals surface area contributed by atoms with Crippen LogP contribution >= 0.6 is 0 Å². The van der Waals surface area contributed by atoms with Crippen molar-refractivity contribution in [2.24, 2.45) is 5.11 Å². The fourth-order valence-corrected chi connectivity index (χ4v) is 3.90. The van der Waals surface area contributed by atoms with Crippen LogP contribution in [0.5, 0.6) is 0 Å². The van der Waals surface area contributed by atoms with Crippen LogP contribution in [0.1, 0.15) is 25.0 Å². The van der Waals surface area contributed by atoms with Gasteiger partial charge in [-0.25, -0.2) is 0 Å². The van der Waals surface area contributed by atoms with Gasteiger partial charge in [-0.1, -0.05) is 65.8 Å². The summed E-state index contributed by atoms with van der Waals surface area (Å²) in [6, 6.07) is 19.1. The third-order valence-corrected chi connectivity index (χ3v) is 5.29. The fourth-order valence-electron chi connectivity index (χ4n) is 3.90. The first kappa shape index (κ1) is 21.8. The second-order valence-corrected chi connectivity index (χ2v) is 8.10. The lowest BCUT2D eigenvalue weighted by Gasteiger charge is -2.29. The lowest BCUT2D eigenvalue weighted by Crippen LogP contribution is -2.43. The summed E-state index contributed by atoms with van der Waals surface area (Å²) >= 11 is 0. The number of fused-ring (bicyclic) bond motifs is 1. The molecule has 2 heterocycles. The molecule has 164 valence electrons. The molecular weight excluding hydrogens is 398 g/mol. The van der Waals surface area contributed by atoms with E-state index >= 15 is 0 Å². The van der Waals surface area contributed by atoms with Gasteiger partial charge in [-0.2, -0.15) is 0 Å². The molecule has 8 heteroatoms. The van der Waals surface area contributed by atoms with Crippen LogP contribution in [0, 0.1) is 0 Å². The number of nitrogens with zero attached hydrogens (tertiary/aromatic N) is 3. The summed E-state index contributed by atoms with van der Waals surface area (Å²) in [5, 5.41) is 3.95. The first-order valence-corrected chi connectivity index (χ1v) is 10.4. The Bertz CT molecular complexity index is 889. The van der Waals surface area contributed by atoms with Crippen LogP contribution in [0.15, 0.2) is 65.8 Å². The van der Waals surface area contributed by atoms with Crippen molar-refractivity contribution in [1.29, 1.82) is 0 Å². The van der Waals surface area contributed by atoms with Gasteiger partial charge >= 0.3 is 0 Å². The van der Waals surface area contributed by atoms with E-state index in [0.717, 1.165) is 11.1 Å². The minimum atomic E-state index is -0.771. The summed E-state index contributed by atoms with van der Waals surface area (Å²) in [5.41, 5.74) is 11.2. The van der Waals surface area contributed by atoms with Gasteiger partial charge in [0.05, 0.1) is 25.9 Å². The number of hydrogen-bond donors (Lipinski definition) is 0. The second-order valence-electron chi connectivity index (χ2n) is 8.10. The van der Waals surface area contributed by atoms with E-state index in [9.17, 15) is 0 Å². The maximum atomic E-state index is 9.14. The normalized spacial score (nSPS) is 27.4. The molecule has 2 aromatic carbocycles. The second kappa shape index (κ2) is 9.78. The van der Waals surface area contributed by atoms with E-state index < -0.39 is 36.4 Å². The van der Waals surface area contributed by atoms with Crippen LogP contribution < -0.4 is 0 Å². The minimum Gasteiger partial charge on any atom is -0.376 e. The van der Waals surface area contributed by atoms with Crippen molar-refractivity contribution in [2.45, 2.75) is 63.5 Å². The molecule has 2 aromatic rings. The van der Waals surface area contributed by atoms with Crippen LogP contribution in [0.2, 0.25) is 0 Å². The topological polar surface area (TPSA) is 94.9 Å². The third-order valence-electron chi connectivity index (χ3n) is 5.29. The van der Waals surface area contributed by atoms with Gasteiger partial charge in [-0.05, 0) is 30.5 Å². The molecule has 0 spiro atoms. The highest BCUT2D eigenvalue weighted by Gasteiger charge is 2.57. The zero-order chi connectivity index (χ0) is 21.7. The monoisotopic (exact) mass is 425 g/mol. The molecule has 0 bridgehead atoms. The lowest BCUT2D eigenvalue weighted by molar-refractivity contribution is -0.222. The van der Waals surface area contributed by atoms with E-state index in [1.165, 1.54) is 0 Å². The van der Waals surface area contributed by atoms with Crippen molar-refractivity contribution in [3.63, 3.8) is 0 Å². The predicted octanol–water partition coefficient (Wildman–Crippen LogP) is 4.34. The Labute approximate surface area is 181 Å².